The zero-order chi connectivity index (χ0) is 15.7. The molecule has 7 heteroatoms. The largest absolute Gasteiger partial charge is 0.378 e. The van der Waals surface area contributed by atoms with Gasteiger partial charge in [-0.25, -0.2) is 9.97 Å². The van der Waals surface area contributed by atoms with Gasteiger partial charge >= 0.3 is 0 Å². The molecule has 0 bridgehead atoms. The Bertz CT molecular complexity index is 616. The molecule has 1 fully saturated rings. The Labute approximate surface area is 134 Å². The summed E-state index contributed by atoms with van der Waals surface area (Å²) in [6, 6.07) is 0.124. The molecule has 0 spiro atoms. The predicted molar refractivity (Wildman–Crippen MR) is 85.9 cm³/mol. The standard InChI is InChI=1S/C15H23N5OS/c1-10-13(15(2,3)4)22-12(18-10)7-20-5-6-21-8-11(20)14-16-9-17-19-14/h9,11H,5-8H2,1-4H3,(H,16,17,19)/t11-/m0/s1. The van der Waals surface area contributed by atoms with Crippen molar-refractivity contribution in [3.63, 3.8) is 0 Å². The molecule has 0 saturated carbocycles. The van der Waals surface area contributed by atoms with Gasteiger partial charge in [-0.2, -0.15) is 5.10 Å². The zero-order valence-electron chi connectivity index (χ0n) is 13.6. The van der Waals surface area contributed by atoms with E-state index in [-0.39, 0.29) is 11.5 Å². The van der Waals surface area contributed by atoms with E-state index in [1.807, 2.05) is 11.3 Å². The van der Waals surface area contributed by atoms with Crippen LogP contribution in [0.15, 0.2) is 6.33 Å². The van der Waals surface area contributed by atoms with E-state index in [1.165, 1.54) is 4.88 Å². The number of rotatable bonds is 3. The molecule has 0 aromatic carbocycles. The number of nitrogens with zero attached hydrogens (tertiary/aromatic N) is 4. The fraction of sp³-hybridized carbons (Fsp3) is 0.667. The minimum Gasteiger partial charge on any atom is -0.378 e. The second-order valence-electron chi connectivity index (χ2n) is 6.70. The second-order valence-corrected chi connectivity index (χ2v) is 7.79. The third-order valence-electron chi connectivity index (χ3n) is 3.85. The summed E-state index contributed by atoms with van der Waals surface area (Å²) in [5.74, 6) is 0.865. The van der Waals surface area contributed by atoms with Crippen LogP contribution in [0.5, 0.6) is 0 Å². The van der Waals surface area contributed by atoms with Crippen LogP contribution in [0.2, 0.25) is 0 Å². The van der Waals surface area contributed by atoms with Crippen LogP contribution in [0.25, 0.3) is 0 Å². The summed E-state index contributed by atoms with van der Waals surface area (Å²) in [6.45, 7) is 11.9. The third kappa shape index (κ3) is 3.21. The van der Waals surface area contributed by atoms with Gasteiger partial charge in [0.2, 0.25) is 0 Å². The van der Waals surface area contributed by atoms with Gasteiger partial charge in [0.05, 0.1) is 31.5 Å². The number of aryl methyl sites for hydroxylation is 1. The molecule has 2 aromatic heterocycles. The lowest BCUT2D eigenvalue weighted by molar-refractivity contribution is -0.0158. The topological polar surface area (TPSA) is 66.9 Å². The molecule has 6 nitrogen and oxygen atoms in total. The van der Waals surface area contributed by atoms with Crippen molar-refractivity contribution in [1.82, 2.24) is 25.1 Å². The molecule has 1 N–H and O–H groups in total. The van der Waals surface area contributed by atoms with E-state index in [1.54, 1.807) is 6.33 Å². The lowest BCUT2D eigenvalue weighted by atomic mass is 9.94. The van der Waals surface area contributed by atoms with Crippen molar-refractivity contribution in [3.05, 3.63) is 27.7 Å². The number of hydrogen-bond donors (Lipinski definition) is 1. The Hall–Kier alpha value is -1.31. The van der Waals surface area contributed by atoms with Gasteiger partial charge in [-0.15, -0.1) is 11.3 Å². The lowest BCUT2D eigenvalue weighted by Gasteiger charge is -2.33. The molecule has 0 aliphatic carbocycles. The fourth-order valence-electron chi connectivity index (χ4n) is 2.84. The van der Waals surface area contributed by atoms with Gasteiger partial charge in [-0.3, -0.25) is 10.00 Å². The van der Waals surface area contributed by atoms with Gasteiger partial charge < -0.3 is 4.74 Å². The Balaban J connectivity index is 1.79. The van der Waals surface area contributed by atoms with Crippen molar-refractivity contribution >= 4 is 11.3 Å². The minimum absolute atomic E-state index is 0.124. The van der Waals surface area contributed by atoms with E-state index in [2.05, 4.69) is 47.8 Å². The van der Waals surface area contributed by atoms with E-state index >= 15 is 0 Å². The molecule has 2 aromatic rings. The van der Waals surface area contributed by atoms with Crippen molar-refractivity contribution in [1.29, 1.82) is 0 Å². The molecule has 0 amide bonds. The van der Waals surface area contributed by atoms with Gasteiger partial charge in [0.1, 0.15) is 17.2 Å². The van der Waals surface area contributed by atoms with Gasteiger partial charge in [-0.1, -0.05) is 20.8 Å². The summed E-state index contributed by atoms with van der Waals surface area (Å²) < 4.78 is 5.61. The molecular formula is C15H23N5OS. The predicted octanol–water partition coefficient (Wildman–Crippen LogP) is 2.44. The molecule has 22 heavy (non-hydrogen) atoms. The smallest absolute Gasteiger partial charge is 0.143 e. The molecule has 1 aliphatic heterocycles. The fourth-order valence-corrected chi connectivity index (χ4v) is 3.99. The Morgan fingerprint density at radius 1 is 1.45 bits per heavy atom. The zero-order valence-corrected chi connectivity index (χ0v) is 14.4. The number of hydrogen-bond acceptors (Lipinski definition) is 6. The Morgan fingerprint density at radius 3 is 2.91 bits per heavy atom. The molecular weight excluding hydrogens is 298 g/mol. The van der Waals surface area contributed by atoms with Crippen LogP contribution in [0, 0.1) is 6.92 Å². The minimum atomic E-state index is 0.124. The van der Waals surface area contributed by atoms with Crippen molar-refractivity contribution < 1.29 is 4.74 Å². The maximum atomic E-state index is 5.61. The first-order chi connectivity index (χ1) is 10.4. The van der Waals surface area contributed by atoms with E-state index in [0.717, 1.165) is 36.2 Å². The second kappa shape index (κ2) is 6.06. The molecule has 120 valence electrons. The molecule has 1 saturated heterocycles. The summed E-state index contributed by atoms with van der Waals surface area (Å²) in [6.07, 6.45) is 1.55. The Morgan fingerprint density at radius 2 is 2.27 bits per heavy atom. The van der Waals surface area contributed by atoms with Crippen LogP contribution < -0.4 is 0 Å². The van der Waals surface area contributed by atoms with Crippen LogP contribution >= 0.6 is 11.3 Å². The molecule has 0 unspecified atom stereocenters. The number of H-pyrrole nitrogens is 1. The number of nitrogens with one attached hydrogen (secondary N) is 1. The number of thiazole rings is 1. The first-order valence-corrected chi connectivity index (χ1v) is 8.40. The van der Waals surface area contributed by atoms with Crippen LogP contribution in [0.3, 0.4) is 0 Å². The van der Waals surface area contributed by atoms with Crippen molar-refractivity contribution in [3.8, 4) is 0 Å². The number of morpholine rings is 1. The van der Waals surface area contributed by atoms with Crippen LogP contribution in [0.4, 0.5) is 0 Å². The lowest BCUT2D eigenvalue weighted by Crippen LogP contribution is -2.39. The Kier molecular flexibility index (Phi) is 4.29. The van der Waals surface area contributed by atoms with Gasteiger partial charge in [0.15, 0.2) is 0 Å². The first kappa shape index (κ1) is 15.6. The summed E-state index contributed by atoms with van der Waals surface area (Å²) in [5.41, 5.74) is 1.30. The van der Waals surface area contributed by atoms with Crippen molar-refractivity contribution in [2.45, 2.75) is 45.7 Å². The van der Waals surface area contributed by atoms with Gasteiger partial charge in [0.25, 0.3) is 0 Å². The van der Waals surface area contributed by atoms with E-state index < -0.39 is 0 Å². The molecule has 3 rings (SSSR count). The summed E-state index contributed by atoms with van der Waals surface area (Å²) in [7, 11) is 0. The number of ether oxygens (including phenoxy) is 1. The third-order valence-corrected chi connectivity index (χ3v) is 5.42. The maximum absolute atomic E-state index is 5.61. The quantitative estimate of drug-likeness (QED) is 0.940. The highest BCUT2D eigenvalue weighted by molar-refractivity contribution is 7.11. The van der Waals surface area contributed by atoms with Crippen LogP contribution in [0.1, 0.15) is 48.2 Å². The average molecular weight is 321 g/mol. The summed E-state index contributed by atoms with van der Waals surface area (Å²) >= 11 is 1.82. The highest BCUT2D eigenvalue weighted by Gasteiger charge is 2.28. The molecule has 1 atom stereocenters. The SMILES string of the molecule is Cc1nc(CN2CCOC[C@H]2c2ncn[nH]2)sc1C(C)(C)C. The van der Waals surface area contributed by atoms with Gasteiger partial charge in [-0.05, 0) is 12.3 Å². The summed E-state index contributed by atoms with van der Waals surface area (Å²) in [5, 5.41) is 8.08. The van der Waals surface area contributed by atoms with E-state index in [0.29, 0.717) is 6.61 Å². The van der Waals surface area contributed by atoms with E-state index in [9.17, 15) is 0 Å². The van der Waals surface area contributed by atoms with Crippen molar-refractivity contribution in [2.24, 2.45) is 0 Å². The average Bonchev–Trinajstić information content (AvgIpc) is 3.08. The maximum Gasteiger partial charge on any atom is 0.143 e. The molecule has 3 heterocycles. The number of aromatic nitrogens is 4. The summed E-state index contributed by atoms with van der Waals surface area (Å²) in [4.78, 5) is 12.8. The molecule has 1 aliphatic rings. The highest BCUT2D eigenvalue weighted by atomic mass is 32.1. The monoisotopic (exact) mass is 321 g/mol. The first-order valence-electron chi connectivity index (χ1n) is 7.59. The van der Waals surface area contributed by atoms with Crippen LogP contribution in [-0.4, -0.2) is 44.8 Å². The normalized spacial score (nSPS) is 20.5. The van der Waals surface area contributed by atoms with E-state index in [4.69, 9.17) is 9.72 Å². The van der Waals surface area contributed by atoms with Gasteiger partial charge in [0, 0.05) is 11.4 Å². The van der Waals surface area contributed by atoms with Crippen molar-refractivity contribution in [2.75, 3.05) is 19.8 Å². The highest BCUT2D eigenvalue weighted by Crippen LogP contribution is 2.33. The molecule has 0 radical (unpaired) electrons. The number of aromatic amines is 1. The van der Waals surface area contributed by atoms with Crippen LogP contribution in [-0.2, 0) is 16.7 Å².